The molecule has 0 aliphatic heterocycles. The van der Waals surface area contributed by atoms with E-state index in [1.807, 2.05) is 20.8 Å². The normalized spacial score (nSPS) is 12.0. The van der Waals surface area contributed by atoms with Crippen molar-refractivity contribution in [3.8, 4) is 10.7 Å². The monoisotopic (exact) mass is 287 g/mol. The molecule has 0 unspecified atom stereocenters. The zero-order valence-corrected chi connectivity index (χ0v) is 11.8. The van der Waals surface area contributed by atoms with Crippen LogP contribution in [0.1, 0.15) is 17.6 Å². The third kappa shape index (κ3) is 2.16. The molecule has 0 amide bonds. The van der Waals surface area contributed by atoms with Crippen LogP contribution in [0.3, 0.4) is 0 Å². The second-order valence-electron chi connectivity index (χ2n) is 3.74. The number of aryl methyl sites for hydroxylation is 2. The molecule has 2 heterocycles. The van der Waals surface area contributed by atoms with Gasteiger partial charge < -0.3 is 0 Å². The molecular weight excluding hydrogens is 274 g/mol. The number of primary sulfonamides is 1. The van der Waals surface area contributed by atoms with Crippen LogP contribution in [0.15, 0.2) is 5.16 Å². The molecule has 9 heteroatoms. The molecule has 2 aromatic rings. The Morgan fingerprint density at radius 2 is 2.00 bits per heavy atom. The minimum Gasteiger partial charge on any atom is -0.296 e. The van der Waals surface area contributed by atoms with Gasteiger partial charge in [-0.3, -0.25) is 4.57 Å². The smallest absolute Gasteiger partial charge is 0.273 e. The summed E-state index contributed by atoms with van der Waals surface area (Å²) >= 11 is 1.45. The van der Waals surface area contributed by atoms with Crippen molar-refractivity contribution in [2.45, 2.75) is 32.5 Å². The Balaban J connectivity index is 2.67. The average Bonchev–Trinajstić information content (AvgIpc) is 2.79. The second-order valence-corrected chi connectivity index (χ2v) is 6.40. The molecule has 0 radical (unpaired) electrons. The van der Waals surface area contributed by atoms with Crippen LogP contribution in [0.2, 0.25) is 0 Å². The van der Waals surface area contributed by atoms with Gasteiger partial charge in [0, 0.05) is 6.54 Å². The Morgan fingerprint density at radius 3 is 2.44 bits per heavy atom. The van der Waals surface area contributed by atoms with E-state index in [1.165, 1.54) is 15.9 Å². The Bertz CT molecular complexity index is 686. The molecule has 0 spiro atoms. The lowest BCUT2D eigenvalue weighted by atomic mass is 10.4. The lowest BCUT2D eigenvalue weighted by Gasteiger charge is -2.04. The summed E-state index contributed by atoms with van der Waals surface area (Å²) in [6, 6.07) is 0. The zero-order chi connectivity index (χ0) is 13.5. The molecule has 0 saturated carbocycles. The highest BCUT2D eigenvalue weighted by Gasteiger charge is 2.23. The maximum absolute atomic E-state index is 11.4. The molecule has 0 atom stereocenters. The second kappa shape index (κ2) is 4.41. The van der Waals surface area contributed by atoms with Gasteiger partial charge in [-0.05, 0) is 20.8 Å². The number of sulfonamides is 1. The number of hydrogen-bond acceptors (Lipinski definition) is 6. The molecule has 2 aromatic heterocycles. The van der Waals surface area contributed by atoms with Crippen LogP contribution in [0.4, 0.5) is 0 Å². The molecule has 98 valence electrons. The Morgan fingerprint density at radius 1 is 1.33 bits per heavy atom. The number of nitrogens with two attached hydrogens (primary N) is 1. The van der Waals surface area contributed by atoms with Crippen molar-refractivity contribution in [3.05, 3.63) is 10.7 Å². The van der Waals surface area contributed by atoms with Gasteiger partial charge in [0.1, 0.15) is 0 Å². The van der Waals surface area contributed by atoms with Gasteiger partial charge in [-0.1, -0.05) is 0 Å². The fourth-order valence-electron chi connectivity index (χ4n) is 1.69. The fraction of sp³-hybridized carbons (Fsp3) is 0.444. The molecule has 0 aliphatic rings. The van der Waals surface area contributed by atoms with E-state index in [1.54, 1.807) is 0 Å². The lowest BCUT2D eigenvalue weighted by molar-refractivity contribution is 0.571. The van der Waals surface area contributed by atoms with Crippen molar-refractivity contribution < 1.29 is 8.42 Å². The van der Waals surface area contributed by atoms with Gasteiger partial charge in [0.15, 0.2) is 5.82 Å². The van der Waals surface area contributed by atoms with Crippen LogP contribution >= 0.6 is 11.3 Å². The molecule has 0 aromatic carbocycles. The Labute approximate surface area is 109 Å². The van der Waals surface area contributed by atoms with Crippen molar-refractivity contribution in [1.29, 1.82) is 0 Å². The van der Waals surface area contributed by atoms with Gasteiger partial charge in [-0.25, -0.2) is 18.5 Å². The Kier molecular flexibility index (Phi) is 3.21. The quantitative estimate of drug-likeness (QED) is 0.894. The number of aromatic nitrogens is 4. The third-order valence-corrected chi connectivity index (χ3v) is 4.27. The van der Waals surface area contributed by atoms with Gasteiger partial charge >= 0.3 is 0 Å². The molecule has 2 N–H and O–H groups in total. The summed E-state index contributed by atoms with van der Waals surface area (Å²) in [5, 5.41) is 13.4. The summed E-state index contributed by atoms with van der Waals surface area (Å²) in [7, 11) is -3.87. The van der Waals surface area contributed by atoms with E-state index >= 15 is 0 Å². The van der Waals surface area contributed by atoms with E-state index in [0.717, 1.165) is 15.6 Å². The van der Waals surface area contributed by atoms with E-state index in [9.17, 15) is 8.42 Å². The largest absolute Gasteiger partial charge is 0.296 e. The minimum atomic E-state index is -3.87. The topological polar surface area (TPSA) is 104 Å². The summed E-state index contributed by atoms with van der Waals surface area (Å²) in [4.78, 5) is 5.11. The predicted molar refractivity (Wildman–Crippen MR) is 67.7 cm³/mol. The first-order valence-corrected chi connectivity index (χ1v) is 7.61. The van der Waals surface area contributed by atoms with Crippen molar-refractivity contribution in [1.82, 2.24) is 19.7 Å². The van der Waals surface area contributed by atoms with Gasteiger partial charge in [0.05, 0.1) is 15.6 Å². The summed E-state index contributed by atoms with van der Waals surface area (Å²) in [6.45, 7) is 5.97. The van der Waals surface area contributed by atoms with Crippen LogP contribution in [0, 0.1) is 13.8 Å². The van der Waals surface area contributed by atoms with E-state index in [0.29, 0.717) is 12.4 Å². The number of rotatable bonds is 3. The van der Waals surface area contributed by atoms with Crippen LogP contribution in [0.5, 0.6) is 0 Å². The molecule has 2 rings (SSSR count). The number of thiazole rings is 1. The molecule has 7 nitrogen and oxygen atoms in total. The molecule has 0 bridgehead atoms. The Hall–Kier alpha value is -1.32. The summed E-state index contributed by atoms with van der Waals surface area (Å²) in [5.41, 5.74) is 0.806. The molecule has 0 fully saturated rings. The van der Waals surface area contributed by atoms with E-state index in [2.05, 4.69) is 15.2 Å². The van der Waals surface area contributed by atoms with E-state index in [-0.39, 0.29) is 5.16 Å². The minimum absolute atomic E-state index is 0.217. The van der Waals surface area contributed by atoms with Crippen LogP contribution in [-0.4, -0.2) is 28.2 Å². The van der Waals surface area contributed by atoms with Crippen molar-refractivity contribution in [2.75, 3.05) is 0 Å². The third-order valence-electron chi connectivity index (χ3n) is 2.39. The maximum atomic E-state index is 11.4. The van der Waals surface area contributed by atoms with Crippen molar-refractivity contribution in [2.24, 2.45) is 5.14 Å². The summed E-state index contributed by atoms with van der Waals surface area (Å²) in [6.07, 6.45) is 0. The SMILES string of the molecule is CCn1c(-c2sc(C)nc2C)nnc1S(N)(=O)=O. The average molecular weight is 287 g/mol. The van der Waals surface area contributed by atoms with E-state index < -0.39 is 10.0 Å². The highest BCUT2D eigenvalue weighted by molar-refractivity contribution is 7.89. The molecule has 0 saturated heterocycles. The predicted octanol–water partition coefficient (Wildman–Crippen LogP) is 0.686. The highest BCUT2D eigenvalue weighted by Crippen LogP contribution is 2.29. The summed E-state index contributed by atoms with van der Waals surface area (Å²) in [5.74, 6) is 0.490. The first-order chi connectivity index (χ1) is 8.34. The highest BCUT2D eigenvalue weighted by atomic mass is 32.2. The van der Waals surface area contributed by atoms with Crippen molar-refractivity contribution >= 4 is 21.4 Å². The first-order valence-electron chi connectivity index (χ1n) is 5.25. The number of hydrogen-bond donors (Lipinski definition) is 1. The van der Waals surface area contributed by atoms with Gasteiger partial charge in [0.25, 0.3) is 15.2 Å². The van der Waals surface area contributed by atoms with Crippen molar-refractivity contribution in [3.63, 3.8) is 0 Å². The van der Waals surface area contributed by atoms with Crippen LogP contribution in [-0.2, 0) is 16.6 Å². The number of nitrogens with zero attached hydrogens (tertiary/aromatic N) is 4. The molecule has 0 aliphatic carbocycles. The van der Waals surface area contributed by atoms with Crippen LogP contribution in [0.25, 0.3) is 10.7 Å². The molecule has 18 heavy (non-hydrogen) atoms. The molecular formula is C9H13N5O2S2. The summed E-state index contributed by atoms with van der Waals surface area (Å²) < 4.78 is 24.3. The van der Waals surface area contributed by atoms with E-state index in [4.69, 9.17) is 5.14 Å². The lowest BCUT2D eigenvalue weighted by Crippen LogP contribution is -2.18. The van der Waals surface area contributed by atoms with Gasteiger partial charge in [0.2, 0.25) is 0 Å². The van der Waals surface area contributed by atoms with Gasteiger partial charge in [-0.15, -0.1) is 21.5 Å². The first kappa shape index (κ1) is 13.1. The maximum Gasteiger partial charge on any atom is 0.273 e. The standard InChI is InChI=1S/C9H13N5O2S2/c1-4-14-8(7-5(2)11-6(3)17-7)12-13-9(14)18(10,15)16/h4H2,1-3H3,(H2,10,15,16). The fourth-order valence-corrected chi connectivity index (χ4v) is 3.28. The van der Waals surface area contributed by atoms with Gasteiger partial charge in [-0.2, -0.15) is 0 Å². The zero-order valence-electron chi connectivity index (χ0n) is 10.2. The van der Waals surface area contributed by atoms with Crippen LogP contribution < -0.4 is 5.14 Å².